The van der Waals surface area contributed by atoms with E-state index < -0.39 is 0 Å². The highest BCUT2D eigenvalue weighted by Gasteiger charge is 2.25. The van der Waals surface area contributed by atoms with E-state index in [0.717, 1.165) is 37.7 Å². The predicted octanol–water partition coefficient (Wildman–Crippen LogP) is 3.07. The molecule has 2 heterocycles. The first-order valence-corrected chi connectivity index (χ1v) is 8.99. The summed E-state index contributed by atoms with van der Waals surface area (Å²) < 4.78 is 0. The molecule has 1 aliphatic carbocycles. The number of aromatic nitrogens is 1. The van der Waals surface area contributed by atoms with E-state index in [1.54, 1.807) is 11.3 Å². The van der Waals surface area contributed by atoms with Crippen LogP contribution in [0.5, 0.6) is 0 Å². The number of anilines is 1. The number of hydrogen-bond donors (Lipinski definition) is 0. The Kier molecular flexibility index (Phi) is 4.78. The van der Waals surface area contributed by atoms with Crippen LogP contribution in [0.2, 0.25) is 0 Å². The van der Waals surface area contributed by atoms with Crippen LogP contribution in [0.1, 0.15) is 43.4 Å². The Balaban J connectivity index is 1.47. The van der Waals surface area contributed by atoms with Gasteiger partial charge < -0.3 is 9.80 Å². The molecule has 5 heteroatoms. The molecule has 0 radical (unpaired) electrons. The van der Waals surface area contributed by atoms with Crippen molar-refractivity contribution in [2.45, 2.75) is 45.4 Å². The SMILES string of the molecule is Cc1cnc(N2CCN(C(=O)CC3CCCCC3)CC2)s1. The number of rotatable bonds is 3. The third-order valence-electron chi connectivity index (χ3n) is 4.70. The van der Waals surface area contributed by atoms with Crippen molar-refractivity contribution in [3.8, 4) is 0 Å². The minimum Gasteiger partial charge on any atom is -0.345 e. The molecule has 0 aromatic carbocycles. The molecule has 1 aromatic rings. The minimum absolute atomic E-state index is 0.372. The van der Waals surface area contributed by atoms with Crippen molar-refractivity contribution < 1.29 is 4.79 Å². The minimum atomic E-state index is 0.372. The molecule has 0 atom stereocenters. The molecule has 2 fully saturated rings. The zero-order valence-electron chi connectivity index (χ0n) is 12.9. The zero-order valence-corrected chi connectivity index (χ0v) is 13.7. The van der Waals surface area contributed by atoms with E-state index in [0.29, 0.717) is 11.8 Å². The van der Waals surface area contributed by atoms with Gasteiger partial charge >= 0.3 is 0 Å². The van der Waals surface area contributed by atoms with Crippen molar-refractivity contribution in [1.29, 1.82) is 0 Å². The molecule has 2 aliphatic rings. The van der Waals surface area contributed by atoms with Gasteiger partial charge in [-0.15, -0.1) is 11.3 Å². The number of thiazole rings is 1. The maximum Gasteiger partial charge on any atom is 0.222 e. The number of nitrogens with zero attached hydrogens (tertiary/aromatic N) is 3. The van der Waals surface area contributed by atoms with Crippen molar-refractivity contribution in [2.75, 3.05) is 31.1 Å². The smallest absolute Gasteiger partial charge is 0.222 e. The Morgan fingerprint density at radius 3 is 2.57 bits per heavy atom. The van der Waals surface area contributed by atoms with Crippen LogP contribution in [0, 0.1) is 12.8 Å². The van der Waals surface area contributed by atoms with Crippen LogP contribution in [-0.4, -0.2) is 42.0 Å². The van der Waals surface area contributed by atoms with Crippen LogP contribution in [0.25, 0.3) is 0 Å². The fourth-order valence-corrected chi connectivity index (χ4v) is 4.21. The molecule has 1 saturated carbocycles. The average Bonchev–Trinajstić information content (AvgIpc) is 2.95. The molecule has 1 amide bonds. The number of carbonyl (C=O) groups is 1. The Morgan fingerprint density at radius 1 is 1.24 bits per heavy atom. The molecule has 0 unspecified atom stereocenters. The predicted molar refractivity (Wildman–Crippen MR) is 86.8 cm³/mol. The van der Waals surface area contributed by atoms with Gasteiger partial charge in [-0.05, 0) is 25.7 Å². The number of amides is 1. The molecule has 4 nitrogen and oxygen atoms in total. The van der Waals surface area contributed by atoms with Gasteiger partial charge in [0.2, 0.25) is 5.91 Å². The van der Waals surface area contributed by atoms with Gasteiger partial charge in [0.1, 0.15) is 0 Å². The number of hydrogen-bond acceptors (Lipinski definition) is 4. The molecular weight excluding hydrogens is 282 g/mol. The number of piperazine rings is 1. The van der Waals surface area contributed by atoms with Gasteiger partial charge in [-0.1, -0.05) is 19.3 Å². The van der Waals surface area contributed by atoms with Gasteiger partial charge in [0.05, 0.1) is 0 Å². The van der Waals surface area contributed by atoms with Gasteiger partial charge in [-0.25, -0.2) is 4.98 Å². The lowest BCUT2D eigenvalue weighted by atomic mass is 9.86. The first-order valence-electron chi connectivity index (χ1n) is 8.17. The molecule has 3 rings (SSSR count). The summed E-state index contributed by atoms with van der Waals surface area (Å²) in [4.78, 5) is 22.5. The van der Waals surface area contributed by atoms with Gasteiger partial charge in [-0.3, -0.25) is 4.79 Å². The summed E-state index contributed by atoms with van der Waals surface area (Å²) in [5, 5.41) is 1.10. The van der Waals surface area contributed by atoms with E-state index in [1.807, 2.05) is 6.20 Å². The normalized spacial score (nSPS) is 20.8. The maximum absolute atomic E-state index is 12.4. The van der Waals surface area contributed by atoms with Crippen LogP contribution in [0.3, 0.4) is 0 Å². The van der Waals surface area contributed by atoms with Gasteiger partial charge in [0.25, 0.3) is 0 Å². The number of aryl methyl sites for hydroxylation is 1. The summed E-state index contributed by atoms with van der Waals surface area (Å²) in [5.41, 5.74) is 0. The highest BCUT2D eigenvalue weighted by atomic mass is 32.1. The summed E-state index contributed by atoms with van der Waals surface area (Å²) >= 11 is 1.74. The highest BCUT2D eigenvalue weighted by Crippen LogP contribution is 2.27. The molecule has 21 heavy (non-hydrogen) atoms. The van der Waals surface area contributed by atoms with Crippen molar-refractivity contribution in [2.24, 2.45) is 5.92 Å². The van der Waals surface area contributed by atoms with Crippen LogP contribution in [-0.2, 0) is 4.79 Å². The third-order valence-corrected chi connectivity index (χ3v) is 5.67. The molecule has 0 spiro atoms. The standard InChI is InChI=1S/C16H25N3OS/c1-13-12-17-16(21-13)19-9-7-18(8-10-19)15(20)11-14-5-3-2-4-6-14/h12,14H,2-11H2,1H3. The van der Waals surface area contributed by atoms with Gasteiger partial charge in [0, 0.05) is 43.7 Å². The van der Waals surface area contributed by atoms with E-state index in [2.05, 4.69) is 21.7 Å². The second-order valence-corrected chi connectivity index (χ2v) is 7.54. The quantitative estimate of drug-likeness (QED) is 0.861. The van der Waals surface area contributed by atoms with Gasteiger partial charge in [-0.2, -0.15) is 0 Å². The van der Waals surface area contributed by atoms with E-state index >= 15 is 0 Å². The fourth-order valence-electron chi connectivity index (χ4n) is 3.40. The van der Waals surface area contributed by atoms with Crippen molar-refractivity contribution in [3.05, 3.63) is 11.1 Å². The molecule has 1 aliphatic heterocycles. The van der Waals surface area contributed by atoms with Crippen molar-refractivity contribution in [1.82, 2.24) is 9.88 Å². The van der Waals surface area contributed by atoms with Crippen LogP contribution < -0.4 is 4.90 Å². The highest BCUT2D eigenvalue weighted by molar-refractivity contribution is 7.15. The molecule has 0 bridgehead atoms. The lowest BCUT2D eigenvalue weighted by Crippen LogP contribution is -2.49. The summed E-state index contributed by atoms with van der Waals surface area (Å²) in [7, 11) is 0. The number of carbonyl (C=O) groups excluding carboxylic acids is 1. The largest absolute Gasteiger partial charge is 0.345 e. The molecule has 1 aromatic heterocycles. The third kappa shape index (κ3) is 3.76. The Bertz CT molecular complexity index is 474. The average molecular weight is 307 g/mol. The Hall–Kier alpha value is -1.10. The summed E-state index contributed by atoms with van der Waals surface area (Å²) in [6.45, 7) is 5.63. The molecular formula is C16H25N3OS. The lowest BCUT2D eigenvalue weighted by Gasteiger charge is -2.35. The van der Waals surface area contributed by atoms with Crippen LogP contribution >= 0.6 is 11.3 Å². The fraction of sp³-hybridized carbons (Fsp3) is 0.750. The van der Waals surface area contributed by atoms with E-state index in [-0.39, 0.29) is 0 Å². The molecule has 116 valence electrons. The van der Waals surface area contributed by atoms with Gasteiger partial charge in [0.15, 0.2) is 5.13 Å². The maximum atomic E-state index is 12.4. The summed E-state index contributed by atoms with van der Waals surface area (Å²) in [5.74, 6) is 1.02. The zero-order chi connectivity index (χ0) is 14.7. The second-order valence-electron chi connectivity index (χ2n) is 6.33. The van der Waals surface area contributed by atoms with Crippen LogP contribution in [0.4, 0.5) is 5.13 Å². The van der Waals surface area contributed by atoms with E-state index in [9.17, 15) is 4.79 Å². The van der Waals surface area contributed by atoms with E-state index in [4.69, 9.17) is 0 Å². The lowest BCUT2D eigenvalue weighted by molar-refractivity contribution is -0.132. The molecule has 1 saturated heterocycles. The monoisotopic (exact) mass is 307 g/mol. The Morgan fingerprint density at radius 2 is 1.95 bits per heavy atom. The first-order chi connectivity index (χ1) is 10.2. The Labute approximate surface area is 131 Å². The van der Waals surface area contributed by atoms with Crippen molar-refractivity contribution in [3.63, 3.8) is 0 Å². The summed E-state index contributed by atoms with van der Waals surface area (Å²) in [6.07, 6.45) is 9.20. The van der Waals surface area contributed by atoms with Crippen molar-refractivity contribution >= 4 is 22.4 Å². The summed E-state index contributed by atoms with van der Waals surface area (Å²) in [6, 6.07) is 0. The topological polar surface area (TPSA) is 36.4 Å². The first kappa shape index (κ1) is 14.8. The second kappa shape index (κ2) is 6.77. The van der Waals surface area contributed by atoms with E-state index in [1.165, 1.54) is 37.0 Å². The molecule has 0 N–H and O–H groups in total. The van der Waals surface area contributed by atoms with Crippen LogP contribution in [0.15, 0.2) is 6.20 Å².